The Bertz CT molecular complexity index is 1030. The molecule has 0 aromatic heterocycles. The predicted octanol–water partition coefficient (Wildman–Crippen LogP) is 5.57. The Balaban J connectivity index is 1.89. The number of hydrogen-bond acceptors (Lipinski definition) is 3. The lowest BCUT2D eigenvalue weighted by Gasteiger charge is -2.45. The molecule has 0 aliphatic carbocycles. The highest BCUT2D eigenvalue weighted by atomic mass is 16.1. The predicted molar refractivity (Wildman–Crippen MR) is 120 cm³/mol. The van der Waals surface area contributed by atoms with Crippen LogP contribution in [0.3, 0.4) is 0 Å². The van der Waals surface area contributed by atoms with E-state index in [0.717, 1.165) is 28.8 Å². The number of nitrogens with one attached hydrogen (secondary N) is 1. The van der Waals surface area contributed by atoms with Gasteiger partial charge in [-0.2, -0.15) is 5.26 Å². The van der Waals surface area contributed by atoms with Crippen LogP contribution in [0.1, 0.15) is 55.4 Å². The van der Waals surface area contributed by atoms with Gasteiger partial charge in [0.15, 0.2) is 0 Å². The van der Waals surface area contributed by atoms with Gasteiger partial charge < -0.3 is 10.2 Å². The van der Waals surface area contributed by atoms with Crippen LogP contribution < -0.4 is 10.2 Å². The minimum absolute atomic E-state index is 0.0991. The summed E-state index contributed by atoms with van der Waals surface area (Å²) < 4.78 is 0. The maximum atomic E-state index is 12.7. The maximum Gasteiger partial charge on any atom is 0.266 e. The molecule has 3 rings (SSSR count). The molecule has 29 heavy (non-hydrogen) atoms. The summed E-state index contributed by atoms with van der Waals surface area (Å²) in [7, 11) is 2.12. The third-order valence-corrected chi connectivity index (χ3v) is 5.96. The first-order valence-corrected chi connectivity index (χ1v) is 10.0. The van der Waals surface area contributed by atoms with Gasteiger partial charge in [-0.15, -0.1) is 0 Å². The SMILES string of the molecule is Cc1ccc(NC(=O)/C(C#N)=C\c2ccc3c(c2)[C@H](C)CC(C)(C)N3C)c(C)c1. The lowest BCUT2D eigenvalue weighted by molar-refractivity contribution is -0.112. The summed E-state index contributed by atoms with van der Waals surface area (Å²) in [6, 6.07) is 14.1. The van der Waals surface area contributed by atoms with E-state index in [1.165, 1.54) is 11.3 Å². The zero-order valence-electron chi connectivity index (χ0n) is 18.1. The van der Waals surface area contributed by atoms with E-state index in [4.69, 9.17) is 0 Å². The van der Waals surface area contributed by atoms with Crippen molar-refractivity contribution >= 4 is 23.4 Å². The normalized spacial score (nSPS) is 18.0. The summed E-state index contributed by atoms with van der Waals surface area (Å²) in [5.41, 5.74) is 6.38. The second-order valence-electron chi connectivity index (χ2n) is 8.74. The minimum atomic E-state index is -0.386. The first-order valence-electron chi connectivity index (χ1n) is 10.0. The lowest BCUT2D eigenvalue weighted by atomic mass is 9.80. The van der Waals surface area contributed by atoms with Crippen LogP contribution in [-0.4, -0.2) is 18.5 Å². The fraction of sp³-hybridized carbons (Fsp3) is 0.360. The largest absolute Gasteiger partial charge is 0.369 e. The molecular weight excluding hydrogens is 358 g/mol. The average Bonchev–Trinajstić information content (AvgIpc) is 2.66. The van der Waals surface area contributed by atoms with Crippen molar-refractivity contribution in [2.24, 2.45) is 0 Å². The van der Waals surface area contributed by atoms with Crippen molar-refractivity contribution in [3.63, 3.8) is 0 Å². The minimum Gasteiger partial charge on any atom is -0.369 e. The molecule has 1 aliphatic heterocycles. The van der Waals surface area contributed by atoms with Gasteiger partial charge in [-0.05, 0) is 81.0 Å². The zero-order chi connectivity index (χ0) is 21.3. The van der Waals surface area contributed by atoms with Crippen LogP contribution in [0, 0.1) is 25.2 Å². The van der Waals surface area contributed by atoms with Crippen molar-refractivity contribution in [2.75, 3.05) is 17.3 Å². The molecule has 0 bridgehead atoms. The summed E-state index contributed by atoms with van der Waals surface area (Å²) in [4.78, 5) is 15.0. The van der Waals surface area contributed by atoms with E-state index in [9.17, 15) is 10.1 Å². The second kappa shape index (κ2) is 7.75. The van der Waals surface area contributed by atoms with Crippen molar-refractivity contribution in [1.29, 1.82) is 5.26 Å². The Kier molecular flexibility index (Phi) is 5.53. The number of rotatable bonds is 3. The smallest absolute Gasteiger partial charge is 0.266 e. The molecular formula is C25H29N3O. The van der Waals surface area contributed by atoms with Gasteiger partial charge >= 0.3 is 0 Å². The number of aryl methyl sites for hydroxylation is 2. The van der Waals surface area contributed by atoms with Crippen LogP contribution in [0.2, 0.25) is 0 Å². The van der Waals surface area contributed by atoms with Crippen molar-refractivity contribution < 1.29 is 4.79 Å². The Morgan fingerprint density at radius 1 is 1.24 bits per heavy atom. The highest BCUT2D eigenvalue weighted by Gasteiger charge is 2.33. The number of amides is 1. The summed E-state index contributed by atoms with van der Waals surface area (Å²) in [5.74, 6) is 0.0302. The van der Waals surface area contributed by atoms with Crippen LogP contribution in [0.5, 0.6) is 0 Å². The van der Waals surface area contributed by atoms with Crippen LogP contribution in [-0.2, 0) is 4.79 Å². The zero-order valence-corrected chi connectivity index (χ0v) is 18.1. The van der Waals surface area contributed by atoms with E-state index in [1.807, 2.05) is 38.1 Å². The van der Waals surface area contributed by atoms with E-state index >= 15 is 0 Å². The Labute approximate surface area is 173 Å². The summed E-state index contributed by atoms with van der Waals surface area (Å²) in [5, 5.41) is 12.4. The first kappa shape index (κ1) is 20.7. The number of fused-ring (bicyclic) bond motifs is 1. The number of nitriles is 1. The Hall–Kier alpha value is -3.06. The molecule has 0 spiro atoms. The van der Waals surface area contributed by atoms with Gasteiger partial charge in [-0.25, -0.2) is 0 Å². The van der Waals surface area contributed by atoms with Crippen LogP contribution in [0.25, 0.3) is 6.08 Å². The molecule has 0 unspecified atom stereocenters. The molecule has 1 N–H and O–H groups in total. The molecule has 0 radical (unpaired) electrons. The number of carbonyl (C=O) groups excluding carboxylic acids is 1. The number of benzene rings is 2. The average molecular weight is 388 g/mol. The maximum absolute atomic E-state index is 12.7. The third-order valence-electron chi connectivity index (χ3n) is 5.96. The second-order valence-corrected chi connectivity index (χ2v) is 8.74. The number of nitrogens with zero attached hydrogens (tertiary/aromatic N) is 2. The van der Waals surface area contributed by atoms with Crippen molar-refractivity contribution in [3.05, 3.63) is 64.2 Å². The number of carbonyl (C=O) groups is 1. The highest BCUT2D eigenvalue weighted by Crippen LogP contribution is 2.42. The fourth-order valence-corrected chi connectivity index (χ4v) is 4.14. The highest BCUT2D eigenvalue weighted by molar-refractivity contribution is 6.10. The molecule has 2 aromatic carbocycles. The van der Waals surface area contributed by atoms with Gasteiger partial charge in [0.2, 0.25) is 0 Å². The fourth-order valence-electron chi connectivity index (χ4n) is 4.14. The van der Waals surface area contributed by atoms with E-state index in [0.29, 0.717) is 5.92 Å². The van der Waals surface area contributed by atoms with Crippen molar-refractivity contribution in [3.8, 4) is 6.07 Å². The van der Waals surface area contributed by atoms with E-state index < -0.39 is 0 Å². The molecule has 0 saturated heterocycles. The van der Waals surface area contributed by atoms with Crippen molar-refractivity contribution in [1.82, 2.24) is 0 Å². The molecule has 1 atom stereocenters. The van der Waals surface area contributed by atoms with Crippen LogP contribution in [0.4, 0.5) is 11.4 Å². The van der Waals surface area contributed by atoms with Gasteiger partial charge in [0.25, 0.3) is 5.91 Å². The topological polar surface area (TPSA) is 56.1 Å². The van der Waals surface area contributed by atoms with Gasteiger partial charge in [-0.1, -0.05) is 30.7 Å². The molecule has 1 amide bonds. The van der Waals surface area contributed by atoms with Gasteiger partial charge in [-0.3, -0.25) is 4.79 Å². The van der Waals surface area contributed by atoms with E-state index in [1.54, 1.807) is 6.08 Å². The molecule has 0 fully saturated rings. The summed E-state index contributed by atoms with van der Waals surface area (Å²) >= 11 is 0. The summed E-state index contributed by atoms with van der Waals surface area (Å²) in [6.07, 6.45) is 2.73. The molecule has 1 heterocycles. The Morgan fingerprint density at radius 3 is 2.62 bits per heavy atom. The molecule has 4 nitrogen and oxygen atoms in total. The van der Waals surface area contributed by atoms with Gasteiger partial charge in [0.05, 0.1) is 0 Å². The molecule has 0 saturated carbocycles. The monoisotopic (exact) mass is 387 g/mol. The van der Waals surface area contributed by atoms with Crippen LogP contribution in [0.15, 0.2) is 42.0 Å². The summed E-state index contributed by atoms with van der Waals surface area (Å²) in [6.45, 7) is 10.7. The van der Waals surface area contributed by atoms with Crippen molar-refractivity contribution in [2.45, 2.75) is 52.5 Å². The quantitative estimate of drug-likeness (QED) is 0.553. The first-order chi connectivity index (χ1) is 13.6. The van der Waals surface area contributed by atoms with E-state index in [-0.39, 0.29) is 17.0 Å². The Morgan fingerprint density at radius 2 is 1.97 bits per heavy atom. The molecule has 150 valence electrons. The standard InChI is InChI=1S/C25H29N3O/c1-16-7-9-22(17(2)11-16)27-24(29)20(15-26)12-19-8-10-23-21(13-19)18(3)14-25(4,5)28(23)6/h7-13,18H,14H2,1-6H3,(H,27,29)/b20-12-/t18-/m1/s1. The molecule has 2 aromatic rings. The number of anilines is 2. The van der Waals surface area contributed by atoms with E-state index in [2.05, 4.69) is 56.2 Å². The lowest BCUT2D eigenvalue weighted by Crippen LogP contribution is -2.45. The number of hydrogen-bond donors (Lipinski definition) is 1. The third kappa shape index (κ3) is 4.19. The molecule has 4 heteroatoms. The van der Waals surface area contributed by atoms with Gasteiger partial charge in [0.1, 0.15) is 11.6 Å². The molecule has 1 aliphatic rings. The van der Waals surface area contributed by atoms with Crippen LogP contribution >= 0.6 is 0 Å². The van der Waals surface area contributed by atoms with Gasteiger partial charge in [0, 0.05) is 24.0 Å².